The minimum Gasteiger partial charge on any atom is -0.356 e. The third-order valence-corrected chi connectivity index (χ3v) is 4.54. The number of amides is 1. The maximum atomic E-state index is 11.8. The maximum absolute atomic E-state index is 11.8. The van der Waals surface area contributed by atoms with Crippen LogP contribution in [0.5, 0.6) is 0 Å². The van der Waals surface area contributed by atoms with Crippen molar-refractivity contribution >= 4 is 17.9 Å². The lowest BCUT2D eigenvalue weighted by Gasteiger charge is -2.36. The number of nitrogens with one attached hydrogen (secondary N) is 1. The molecule has 0 radical (unpaired) electrons. The molecule has 27 heavy (non-hydrogen) atoms. The van der Waals surface area contributed by atoms with Crippen molar-refractivity contribution in [2.75, 3.05) is 59.9 Å². The quantitative estimate of drug-likeness (QED) is 0.586. The predicted octanol–water partition coefficient (Wildman–Crippen LogP) is 1.76. The maximum Gasteiger partial charge on any atom is 0.243 e. The number of rotatable bonds is 7. The number of carbonyl (C=O) groups is 1. The molecule has 1 aromatic rings. The van der Waals surface area contributed by atoms with Gasteiger partial charge in [0.15, 0.2) is 5.96 Å². The highest BCUT2D eigenvalue weighted by molar-refractivity contribution is 5.84. The van der Waals surface area contributed by atoms with E-state index in [-0.39, 0.29) is 12.5 Å². The Morgan fingerprint density at radius 1 is 1.19 bits per heavy atom. The van der Waals surface area contributed by atoms with Gasteiger partial charge in [0.1, 0.15) is 6.54 Å². The van der Waals surface area contributed by atoms with E-state index in [2.05, 4.69) is 63.5 Å². The van der Waals surface area contributed by atoms with E-state index < -0.39 is 0 Å². The van der Waals surface area contributed by atoms with Crippen LogP contribution in [0, 0.1) is 0 Å². The first-order valence-electron chi connectivity index (χ1n) is 9.77. The molecule has 1 saturated heterocycles. The number of guanidine groups is 1. The van der Waals surface area contributed by atoms with Crippen molar-refractivity contribution in [2.24, 2.45) is 4.99 Å². The lowest BCUT2D eigenvalue weighted by molar-refractivity contribution is -0.127. The molecule has 0 aliphatic carbocycles. The summed E-state index contributed by atoms with van der Waals surface area (Å²) in [5.74, 6) is 0.877. The second-order valence-electron chi connectivity index (χ2n) is 6.96. The molecule has 2 rings (SSSR count). The van der Waals surface area contributed by atoms with Gasteiger partial charge in [-0.1, -0.05) is 49.4 Å². The average Bonchev–Trinajstić information content (AvgIpc) is 2.69. The number of likely N-dealkylation sites (N-methyl/N-ethyl adjacent to an activating group) is 1. The standard InChI is InChI=1S/C21H33N5O/c1-4-12-22-21(23-18-20(27)24(2)3)26-16-14-25(15-17-26)13-8-11-19-9-6-5-7-10-19/h5-11H,4,12-18H2,1-3H3,(H,22,23)/b11-8+. The molecule has 148 valence electrons. The van der Waals surface area contributed by atoms with Gasteiger partial charge in [-0.2, -0.15) is 0 Å². The third kappa shape index (κ3) is 7.43. The molecule has 6 heteroatoms. The van der Waals surface area contributed by atoms with Crippen molar-refractivity contribution in [2.45, 2.75) is 13.3 Å². The monoisotopic (exact) mass is 371 g/mol. The minimum absolute atomic E-state index is 0.0236. The van der Waals surface area contributed by atoms with E-state index in [1.165, 1.54) is 5.56 Å². The van der Waals surface area contributed by atoms with Gasteiger partial charge in [-0.05, 0) is 12.0 Å². The van der Waals surface area contributed by atoms with E-state index in [1.807, 2.05) is 6.07 Å². The van der Waals surface area contributed by atoms with Crippen LogP contribution in [0.3, 0.4) is 0 Å². The Labute approximate surface area is 163 Å². The molecule has 6 nitrogen and oxygen atoms in total. The Morgan fingerprint density at radius 3 is 2.52 bits per heavy atom. The number of aliphatic imine (C=N–C) groups is 1. The van der Waals surface area contributed by atoms with Crippen LogP contribution in [-0.2, 0) is 4.79 Å². The fourth-order valence-corrected chi connectivity index (χ4v) is 2.83. The molecule has 1 aliphatic rings. The predicted molar refractivity (Wildman–Crippen MR) is 113 cm³/mol. The van der Waals surface area contributed by atoms with Crippen molar-refractivity contribution in [3.05, 3.63) is 42.0 Å². The molecule has 0 saturated carbocycles. The topological polar surface area (TPSA) is 51.2 Å². The van der Waals surface area contributed by atoms with E-state index >= 15 is 0 Å². The fourth-order valence-electron chi connectivity index (χ4n) is 2.83. The van der Waals surface area contributed by atoms with Crippen molar-refractivity contribution < 1.29 is 4.79 Å². The summed E-state index contributed by atoms with van der Waals surface area (Å²) >= 11 is 0. The molecule has 1 aromatic carbocycles. The summed E-state index contributed by atoms with van der Waals surface area (Å²) in [6.45, 7) is 7.98. The first-order valence-corrected chi connectivity index (χ1v) is 9.77. The molecule has 0 unspecified atom stereocenters. The summed E-state index contributed by atoms with van der Waals surface area (Å²) in [4.78, 5) is 22.7. The van der Waals surface area contributed by atoms with Crippen molar-refractivity contribution in [1.82, 2.24) is 20.0 Å². The van der Waals surface area contributed by atoms with Gasteiger partial charge >= 0.3 is 0 Å². The summed E-state index contributed by atoms with van der Waals surface area (Å²) in [7, 11) is 3.53. The van der Waals surface area contributed by atoms with Crippen LogP contribution in [0.2, 0.25) is 0 Å². The highest BCUT2D eigenvalue weighted by Gasteiger charge is 2.19. The number of carbonyl (C=O) groups excluding carboxylic acids is 1. The molecule has 1 N–H and O–H groups in total. The zero-order valence-corrected chi connectivity index (χ0v) is 16.9. The summed E-state index contributed by atoms with van der Waals surface area (Å²) in [5, 5.41) is 3.39. The van der Waals surface area contributed by atoms with E-state index in [9.17, 15) is 4.79 Å². The Bertz CT molecular complexity index is 619. The normalized spacial score (nSPS) is 16.0. The smallest absolute Gasteiger partial charge is 0.243 e. The van der Waals surface area contributed by atoms with Gasteiger partial charge in [0.25, 0.3) is 0 Å². The molecule has 1 heterocycles. The first kappa shape index (κ1) is 21.0. The van der Waals surface area contributed by atoms with Crippen molar-refractivity contribution in [1.29, 1.82) is 0 Å². The molecule has 0 spiro atoms. The number of nitrogens with zero attached hydrogens (tertiary/aromatic N) is 4. The highest BCUT2D eigenvalue weighted by atomic mass is 16.2. The largest absolute Gasteiger partial charge is 0.356 e. The second-order valence-corrected chi connectivity index (χ2v) is 6.96. The van der Waals surface area contributed by atoms with Gasteiger partial charge < -0.3 is 15.1 Å². The van der Waals surface area contributed by atoms with Crippen LogP contribution in [0.15, 0.2) is 41.4 Å². The highest BCUT2D eigenvalue weighted by Crippen LogP contribution is 2.05. The molecule has 1 aliphatic heterocycles. The zero-order valence-electron chi connectivity index (χ0n) is 16.9. The number of benzene rings is 1. The molecular weight excluding hydrogens is 338 g/mol. The van der Waals surface area contributed by atoms with Gasteiger partial charge in [-0.3, -0.25) is 9.69 Å². The first-order chi connectivity index (χ1) is 13.1. The van der Waals surface area contributed by atoms with Crippen LogP contribution < -0.4 is 5.32 Å². The lowest BCUT2D eigenvalue weighted by Crippen LogP contribution is -2.52. The Morgan fingerprint density at radius 2 is 1.89 bits per heavy atom. The van der Waals surface area contributed by atoms with E-state index in [1.54, 1.807) is 19.0 Å². The summed E-state index contributed by atoms with van der Waals surface area (Å²) in [6, 6.07) is 10.4. The van der Waals surface area contributed by atoms with Gasteiger partial charge in [-0.15, -0.1) is 0 Å². The Kier molecular flexibility index (Phi) is 8.84. The zero-order chi connectivity index (χ0) is 19.5. The van der Waals surface area contributed by atoms with Crippen LogP contribution in [0.1, 0.15) is 18.9 Å². The summed E-state index contributed by atoms with van der Waals surface area (Å²) in [6.07, 6.45) is 5.44. The second kappa shape index (κ2) is 11.4. The molecular formula is C21H33N5O. The van der Waals surface area contributed by atoms with Crippen molar-refractivity contribution in [3.63, 3.8) is 0 Å². The Hall–Kier alpha value is -2.34. The Balaban J connectivity index is 1.83. The number of hydrogen-bond donors (Lipinski definition) is 1. The van der Waals surface area contributed by atoms with E-state index in [0.29, 0.717) is 0 Å². The SMILES string of the molecule is CCCNC(=NCC(=O)N(C)C)N1CCN(C/C=C/c2ccccc2)CC1. The average molecular weight is 372 g/mol. The number of piperazine rings is 1. The molecule has 1 amide bonds. The van der Waals surface area contributed by atoms with Crippen LogP contribution in [0.4, 0.5) is 0 Å². The summed E-state index contributed by atoms with van der Waals surface area (Å²) in [5.41, 5.74) is 1.24. The van der Waals surface area contributed by atoms with Gasteiger partial charge in [0.05, 0.1) is 0 Å². The van der Waals surface area contributed by atoms with Crippen LogP contribution in [0.25, 0.3) is 6.08 Å². The molecule has 0 atom stereocenters. The van der Waals surface area contributed by atoms with E-state index in [0.717, 1.165) is 51.6 Å². The van der Waals surface area contributed by atoms with Crippen LogP contribution in [-0.4, -0.2) is 86.5 Å². The minimum atomic E-state index is 0.0236. The lowest BCUT2D eigenvalue weighted by atomic mass is 10.2. The number of hydrogen-bond acceptors (Lipinski definition) is 3. The van der Waals surface area contributed by atoms with Gasteiger partial charge in [-0.25, -0.2) is 4.99 Å². The molecule has 0 aromatic heterocycles. The van der Waals surface area contributed by atoms with E-state index in [4.69, 9.17) is 0 Å². The summed E-state index contributed by atoms with van der Waals surface area (Å²) < 4.78 is 0. The van der Waals surface area contributed by atoms with Crippen LogP contribution >= 0.6 is 0 Å². The molecule has 1 fully saturated rings. The van der Waals surface area contributed by atoms with Gasteiger partial charge in [0.2, 0.25) is 5.91 Å². The molecule has 0 bridgehead atoms. The fraction of sp³-hybridized carbons (Fsp3) is 0.524. The third-order valence-electron chi connectivity index (χ3n) is 4.54. The van der Waals surface area contributed by atoms with Gasteiger partial charge in [0, 0.05) is 53.4 Å². The van der Waals surface area contributed by atoms with Crippen molar-refractivity contribution in [3.8, 4) is 0 Å².